The van der Waals surface area contributed by atoms with Crippen molar-refractivity contribution in [3.05, 3.63) is 65.2 Å². The minimum atomic E-state index is 0.134. The Morgan fingerprint density at radius 3 is 2.68 bits per heavy atom. The summed E-state index contributed by atoms with van der Waals surface area (Å²) >= 11 is 3.33. The Bertz CT molecular complexity index is 901. The van der Waals surface area contributed by atoms with Gasteiger partial charge in [0.2, 0.25) is 0 Å². The smallest absolute Gasteiger partial charge is 0.174 e. The number of carbonyl (C=O) groups excluding carboxylic acids is 1. The Balaban J connectivity index is 2.12. The molecule has 2 aromatic carbocycles. The SMILES string of the molecule is O=C(CBr)c1c2c(nc3ccccc13)-c1ccccc1CC2. The predicted molar refractivity (Wildman–Crippen MR) is 92.7 cm³/mol. The Hall–Kier alpha value is -2.00. The molecule has 0 bridgehead atoms. The standard InChI is InChI=1S/C19H14BrNO/c20-11-17(22)18-14-7-3-4-8-16(14)21-19-13-6-2-1-5-12(13)9-10-15(18)19/h1-8H,9-11H2. The van der Waals surface area contributed by atoms with Crippen LogP contribution >= 0.6 is 15.9 Å². The Labute approximate surface area is 137 Å². The molecule has 0 amide bonds. The summed E-state index contributed by atoms with van der Waals surface area (Å²) in [7, 11) is 0. The van der Waals surface area contributed by atoms with Gasteiger partial charge in [0.05, 0.1) is 16.5 Å². The van der Waals surface area contributed by atoms with Crippen LogP contribution in [0.2, 0.25) is 0 Å². The van der Waals surface area contributed by atoms with Gasteiger partial charge >= 0.3 is 0 Å². The van der Waals surface area contributed by atoms with Crippen LogP contribution in [0.4, 0.5) is 0 Å². The molecular formula is C19H14BrNO. The van der Waals surface area contributed by atoms with Gasteiger partial charge in [0.25, 0.3) is 0 Å². The minimum Gasteiger partial charge on any atom is -0.293 e. The van der Waals surface area contributed by atoms with Crippen molar-refractivity contribution in [2.45, 2.75) is 12.8 Å². The molecule has 0 saturated heterocycles. The average Bonchev–Trinajstić information content (AvgIpc) is 2.59. The number of hydrogen-bond acceptors (Lipinski definition) is 2. The first-order valence-electron chi connectivity index (χ1n) is 7.38. The summed E-state index contributed by atoms with van der Waals surface area (Å²) < 4.78 is 0. The van der Waals surface area contributed by atoms with Crippen LogP contribution < -0.4 is 0 Å². The lowest BCUT2D eigenvalue weighted by atomic mass is 9.84. The second-order valence-corrected chi connectivity index (χ2v) is 6.11. The van der Waals surface area contributed by atoms with Gasteiger partial charge in [-0.15, -0.1) is 0 Å². The van der Waals surface area contributed by atoms with Crippen LogP contribution in [0.15, 0.2) is 48.5 Å². The highest BCUT2D eigenvalue weighted by molar-refractivity contribution is 9.09. The number of halogens is 1. The molecule has 0 radical (unpaired) electrons. The summed E-state index contributed by atoms with van der Waals surface area (Å²) in [6.45, 7) is 0. The van der Waals surface area contributed by atoms with Gasteiger partial charge in [-0.1, -0.05) is 58.4 Å². The van der Waals surface area contributed by atoms with Crippen molar-refractivity contribution in [2.24, 2.45) is 0 Å². The summed E-state index contributed by atoms with van der Waals surface area (Å²) in [6, 6.07) is 16.3. The van der Waals surface area contributed by atoms with Crippen LogP contribution in [-0.2, 0) is 12.8 Å². The van der Waals surface area contributed by atoms with Gasteiger partial charge in [-0.3, -0.25) is 4.79 Å². The predicted octanol–water partition coefficient (Wildman–Crippen LogP) is 4.58. The summed E-state index contributed by atoms with van der Waals surface area (Å²) in [5.74, 6) is 0.134. The average molecular weight is 352 g/mol. The number of aromatic nitrogens is 1. The Morgan fingerprint density at radius 1 is 1.05 bits per heavy atom. The molecule has 1 aromatic heterocycles. The van der Waals surface area contributed by atoms with Crippen molar-refractivity contribution in [3.8, 4) is 11.3 Å². The lowest BCUT2D eigenvalue weighted by Gasteiger charge is -2.22. The van der Waals surface area contributed by atoms with E-state index in [0.717, 1.165) is 46.1 Å². The molecule has 22 heavy (non-hydrogen) atoms. The number of fused-ring (bicyclic) bond motifs is 4. The number of hydrogen-bond donors (Lipinski definition) is 0. The molecule has 0 unspecified atom stereocenters. The maximum absolute atomic E-state index is 12.5. The van der Waals surface area contributed by atoms with Crippen LogP contribution in [0.25, 0.3) is 22.2 Å². The van der Waals surface area contributed by atoms with Gasteiger partial charge in [0.1, 0.15) is 0 Å². The van der Waals surface area contributed by atoms with E-state index in [1.165, 1.54) is 5.56 Å². The van der Waals surface area contributed by atoms with E-state index in [2.05, 4.69) is 34.1 Å². The van der Waals surface area contributed by atoms with Crippen LogP contribution in [0.1, 0.15) is 21.5 Å². The quantitative estimate of drug-likeness (QED) is 0.499. The van der Waals surface area contributed by atoms with E-state index in [0.29, 0.717) is 5.33 Å². The number of benzene rings is 2. The summed E-state index contributed by atoms with van der Waals surface area (Å²) in [4.78, 5) is 17.4. The number of rotatable bonds is 2. The fourth-order valence-corrected chi connectivity index (χ4v) is 3.61. The molecule has 108 valence electrons. The molecule has 0 N–H and O–H groups in total. The first-order chi connectivity index (χ1) is 10.8. The number of ketones is 1. The summed E-state index contributed by atoms with van der Waals surface area (Å²) in [5.41, 5.74) is 6.29. The third-order valence-corrected chi connectivity index (χ3v) is 4.82. The molecule has 0 spiro atoms. The molecule has 0 atom stereocenters. The van der Waals surface area contributed by atoms with E-state index in [4.69, 9.17) is 4.98 Å². The van der Waals surface area contributed by atoms with Crippen LogP contribution in [0.5, 0.6) is 0 Å². The third-order valence-electron chi connectivity index (χ3n) is 4.31. The van der Waals surface area contributed by atoms with Crippen molar-refractivity contribution in [1.29, 1.82) is 0 Å². The number of aryl methyl sites for hydroxylation is 1. The summed E-state index contributed by atoms with van der Waals surface area (Å²) in [5, 5.41) is 1.31. The molecule has 0 saturated carbocycles. The monoisotopic (exact) mass is 351 g/mol. The van der Waals surface area contributed by atoms with Crippen molar-refractivity contribution >= 4 is 32.6 Å². The molecule has 1 aliphatic carbocycles. The van der Waals surface area contributed by atoms with Crippen molar-refractivity contribution in [1.82, 2.24) is 4.98 Å². The molecule has 0 fully saturated rings. The normalized spacial score (nSPS) is 12.8. The molecule has 2 nitrogen and oxygen atoms in total. The number of Topliss-reactive ketones (excluding diaryl/α,β-unsaturated/α-hetero) is 1. The first-order valence-corrected chi connectivity index (χ1v) is 8.51. The van der Waals surface area contributed by atoms with Gasteiger partial charge in [-0.05, 0) is 30.0 Å². The topological polar surface area (TPSA) is 30.0 Å². The van der Waals surface area contributed by atoms with Gasteiger partial charge in [0.15, 0.2) is 5.78 Å². The maximum atomic E-state index is 12.5. The highest BCUT2D eigenvalue weighted by Crippen LogP contribution is 2.37. The van der Waals surface area contributed by atoms with Crippen LogP contribution in [0, 0.1) is 0 Å². The summed E-state index contributed by atoms with van der Waals surface area (Å²) in [6.07, 6.45) is 1.84. The van der Waals surface area contributed by atoms with E-state index in [1.807, 2.05) is 30.3 Å². The second-order valence-electron chi connectivity index (χ2n) is 5.55. The van der Waals surface area contributed by atoms with Crippen LogP contribution in [-0.4, -0.2) is 16.1 Å². The van der Waals surface area contributed by atoms with E-state index < -0.39 is 0 Å². The van der Waals surface area contributed by atoms with Gasteiger partial charge in [-0.2, -0.15) is 0 Å². The van der Waals surface area contributed by atoms with Crippen LogP contribution in [0.3, 0.4) is 0 Å². The zero-order chi connectivity index (χ0) is 15.1. The Morgan fingerprint density at radius 2 is 1.82 bits per heavy atom. The molecule has 4 rings (SSSR count). The van der Waals surface area contributed by atoms with E-state index >= 15 is 0 Å². The fraction of sp³-hybridized carbons (Fsp3) is 0.158. The highest BCUT2D eigenvalue weighted by Gasteiger charge is 2.24. The van der Waals surface area contributed by atoms with Crippen molar-refractivity contribution in [2.75, 3.05) is 5.33 Å². The Kier molecular flexibility index (Phi) is 3.30. The molecule has 3 heteroatoms. The molecule has 1 heterocycles. The van der Waals surface area contributed by atoms with E-state index in [1.54, 1.807) is 0 Å². The lowest BCUT2D eigenvalue weighted by molar-refractivity contribution is 0.102. The first kappa shape index (κ1) is 13.6. The van der Waals surface area contributed by atoms with Gasteiger partial charge in [0, 0.05) is 16.5 Å². The minimum absolute atomic E-state index is 0.134. The van der Waals surface area contributed by atoms with Gasteiger partial charge < -0.3 is 0 Å². The van der Waals surface area contributed by atoms with E-state index in [-0.39, 0.29) is 5.78 Å². The molecule has 3 aromatic rings. The number of para-hydroxylation sites is 1. The third kappa shape index (κ3) is 2.00. The zero-order valence-corrected chi connectivity index (χ0v) is 13.6. The fourth-order valence-electron chi connectivity index (χ4n) is 3.33. The second kappa shape index (κ2) is 5.33. The molecule has 1 aliphatic rings. The zero-order valence-electron chi connectivity index (χ0n) is 12.0. The maximum Gasteiger partial charge on any atom is 0.174 e. The number of pyridine rings is 1. The largest absolute Gasteiger partial charge is 0.293 e. The highest BCUT2D eigenvalue weighted by atomic mass is 79.9. The lowest BCUT2D eigenvalue weighted by Crippen LogP contribution is -2.14. The number of alkyl halides is 1. The molecule has 0 aliphatic heterocycles. The number of nitrogens with zero attached hydrogens (tertiary/aromatic N) is 1. The number of carbonyl (C=O) groups is 1. The van der Waals surface area contributed by atoms with E-state index in [9.17, 15) is 4.79 Å². The van der Waals surface area contributed by atoms with Gasteiger partial charge in [-0.25, -0.2) is 4.98 Å². The van der Waals surface area contributed by atoms with Crippen molar-refractivity contribution < 1.29 is 4.79 Å². The van der Waals surface area contributed by atoms with Crippen molar-refractivity contribution in [3.63, 3.8) is 0 Å². The molecular weight excluding hydrogens is 338 g/mol.